The maximum atomic E-state index is 12.9. The van der Waals surface area contributed by atoms with Crippen LogP contribution in [0.3, 0.4) is 0 Å². The van der Waals surface area contributed by atoms with Crippen molar-refractivity contribution in [2.45, 2.75) is 26.4 Å². The van der Waals surface area contributed by atoms with Crippen molar-refractivity contribution < 1.29 is 14.4 Å². The lowest BCUT2D eigenvalue weighted by atomic mass is 10.1. The van der Waals surface area contributed by atoms with Crippen LogP contribution >= 0.6 is 0 Å². The molecule has 0 radical (unpaired) electrons. The molecular weight excluding hydrogens is 316 g/mol. The van der Waals surface area contributed by atoms with Gasteiger partial charge >= 0.3 is 0 Å². The van der Waals surface area contributed by atoms with Gasteiger partial charge in [0.15, 0.2) is 0 Å². The fraction of sp³-hybridized carbons (Fsp3) is 0.250. The Morgan fingerprint density at radius 3 is 2.00 bits per heavy atom. The summed E-state index contributed by atoms with van der Waals surface area (Å²) in [6.45, 7) is 4.44. The fourth-order valence-electron chi connectivity index (χ4n) is 3.08. The Kier molecular flexibility index (Phi) is 4.65. The van der Waals surface area contributed by atoms with Crippen LogP contribution in [-0.2, 0) is 11.3 Å². The van der Waals surface area contributed by atoms with Crippen LogP contribution in [0.4, 0.5) is 0 Å². The molecule has 0 spiro atoms. The molecule has 0 fully saturated rings. The predicted octanol–water partition coefficient (Wildman–Crippen LogP) is 2.72. The summed E-state index contributed by atoms with van der Waals surface area (Å²) in [6.07, 6.45) is 0. The summed E-state index contributed by atoms with van der Waals surface area (Å²) in [7, 11) is 0. The summed E-state index contributed by atoms with van der Waals surface area (Å²) in [6, 6.07) is 15.5. The van der Waals surface area contributed by atoms with Crippen molar-refractivity contribution >= 4 is 17.7 Å². The van der Waals surface area contributed by atoms with Crippen LogP contribution in [0, 0.1) is 0 Å². The first-order valence-electron chi connectivity index (χ1n) is 8.34. The molecule has 1 atom stereocenters. The zero-order valence-electron chi connectivity index (χ0n) is 14.3. The van der Waals surface area contributed by atoms with E-state index in [1.165, 1.54) is 0 Å². The number of benzene rings is 2. The highest BCUT2D eigenvalue weighted by Gasteiger charge is 2.41. The van der Waals surface area contributed by atoms with E-state index in [1.54, 1.807) is 36.1 Å². The molecule has 1 aliphatic heterocycles. The van der Waals surface area contributed by atoms with Crippen molar-refractivity contribution in [1.29, 1.82) is 0 Å². The number of nitrogens with zero attached hydrogens (tertiary/aromatic N) is 2. The lowest BCUT2D eigenvalue weighted by Crippen LogP contribution is -2.49. The average Bonchev–Trinajstić information content (AvgIpc) is 2.90. The van der Waals surface area contributed by atoms with Crippen molar-refractivity contribution in [1.82, 2.24) is 9.80 Å². The highest BCUT2D eigenvalue weighted by molar-refractivity contribution is 6.22. The highest BCUT2D eigenvalue weighted by atomic mass is 16.2. The average molecular weight is 336 g/mol. The Labute approximate surface area is 146 Å². The van der Waals surface area contributed by atoms with Crippen molar-refractivity contribution in [3.8, 4) is 0 Å². The minimum atomic E-state index is -0.837. The van der Waals surface area contributed by atoms with Gasteiger partial charge in [0.25, 0.3) is 11.8 Å². The molecule has 2 aromatic rings. The Morgan fingerprint density at radius 2 is 1.48 bits per heavy atom. The molecule has 3 amide bonds. The molecule has 128 valence electrons. The third kappa shape index (κ3) is 3.05. The second-order valence-corrected chi connectivity index (χ2v) is 6.04. The summed E-state index contributed by atoms with van der Waals surface area (Å²) < 4.78 is 0. The molecular formula is C20H20N2O3. The van der Waals surface area contributed by atoms with E-state index >= 15 is 0 Å². The number of carbonyl (C=O) groups excluding carboxylic acids is 3. The molecule has 1 unspecified atom stereocenters. The topological polar surface area (TPSA) is 57.7 Å². The molecule has 0 N–H and O–H groups in total. The van der Waals surface area contributed by atoms with E-state index in [1.807, 2.05) is 37.3 Å². The smallest absolute Gasteiger partial charge is 0.262 e. The van der Waals surface area contributed by atoms with Gasteiger partial charge in [-0.25, -0.2) is 0 Å². The summed E-state index contributed by atoms with van der Waals surface area (Å²) in [5.41, 5.74) is 1.73. The SMILES string of the molecule is CCN(Cc1ccccc1)C(=O)C(C)N1C(=O)c2ccccc2C1=O. The molecule has 0 saturated carbocycles. The van der Waals surface area contributed by atoms with E-state index in [-0.39, 0.29) is 5.91 Å². The summed E-state index contributed by atoms with van der Waals surface area (Å²) >= 11 is 0. The number of amides is 3. The highest BCUT2D eigenvalue weighted by Crippen LogP contribution is 2.25. The van der Waals surface area contributed by atoms with Gasteiger partial charge in [0.2, 0.25) is 5.91 Å². The molecule has 0 aliphatic carbocycles. The van der Waals surface area contributed by atoms with Crippen LogP contribution in [0.5, 0.6) is 0 Å². The maximum absolute atomic E-state index is 12.9. The maximum Gasteiger partial charge on any atom is 0.262 e. The van der Waals surface area contributed by atoms with Gasteiger partial charge in [-0.15, -0.1) is 0 Å². The Hall–Kier alpha value is -2.95. The molecule has 5 nitrogen and oxygen atoms in total. The first-order valence-corrected chi connectivity index (χ1v) is 8.34. The van der Waals surface area contributed by atoms with E-state index in [4.69, 9.17) is 0 Å². The van der Waals surface area contributed by atoms with Crippen LogP contribution in [0.25, 0.3) is 0 Å². The molecule has 2 aromatic carbocycles. The first-order chi connectivity index (χ1) is 12.0. The quantitative estimate of drug-likeness (QED) is 0.789. The summed E-state index contributed by atoms with van der Waals surface area (Å²) in [4.78, 5) is 40.7. The van der Waals surface area contributed by atoms with Crippen molar-refractivity contribution in [3.05, 3.63) is 71.3 Å². The van der Waals surface area contributed by atoms with Gasteiger partial charge in [0.1, 0.15) is 6.04 Å². The molecule has 0 aromatic heterocycles. The number of hydrogen-bond donors (Lipinski definition) is 0. The molecule has 25 heavy (non-hydrogen) atoms. The molecule has 1 aliphatic rings. The number of rotatable bonds is 5. The number of likely N-dealkylation sites (N-methyl/N-ethyl adjacent to an activating group) is 1. The molecule has 5 heteroatoms. The monoisotopic (exact) mass is 336 g/mol. The third-order valence-corrected chi connectivity index (χ3v) is 4.48. The predicted molar refractivity (Wildman–Crippen MR) is 93.9 cm³/mol. The van der Waals surface area contributed by atoms with Gasteiger partial charge in [-0.2, -0.15) is 0 Å². The lowest BCUT2D eigenvalue weighted by molar-refractivity contribution is -0.135. The largest absolute Gasteiger partial charge is 0.337 e. The van der Waals surface area contributed by atoms with Crippen LogP contribution in [0.2, 0.25) is 0 Å². The fourth-order valence-corrected chi connectivity index (χ4v) is 3.08. The van der Waals surface area contributed by atoms with Crippen molar-refractivity contribution in [2.24, 2.45) is 0 Å². The van der Waals surface area contributed by atoms with Crippen LogP contribution in [0.15, 0.2) is 54.6 Å². The Bertz CT molecular complexity index is 782. The van der Waals surface area contributed by atoms with E-state index in [2.05, 4.69) is 0 Å². The summed E-state index contributed by atoms with van der Waals surface area (Å²) in [5, 5.41) is 0. The van der Waals surface area contributed by atoms with E-state index in [0.717, 1.165) is 10.5 Å². The minimum absolute atomic E-state index is 0.235. The second kappa shape index (κ2) is 6.89. The third-order valence-electron chi connectivity index (χ3n) is 4.48. The first kappa shape index (κ1) is 16.9. The summed E-state index contributed by atoms with van der Waals surface area (Å²) in [5.74, 6) is -1.05. The van der Waals surface area contributed by atoms with Gasteiger partial charge in [0, 0.05) is 13.1 Å². The van der Waals surface area contributed by atoms with E-state index < -0.39 is 17.9 Å². The van der Waals surface area contributed by atoms with Gasteiger partial charge in [-0.3, -0.25) is 19.3 Å². The van der Waals surface area contributed by atoms with Crippen molar-refractivity contribution in [3.63, 3.8) is 0 Å². The normalized spacial score (nSPS) is 14.4. The number of fused-ring (bicyclic) bond motifs is 1. The zero-order valence-corrected chi connectivity index (χ0v) is 14.3. The number of carbonyl (C=O) groups is 3. The van der Waals surface area contributed by atoms with Crippen LogP contribution in [-0.4, -0.2) is 40.1 Å². The Morgan fingerprint density at radius 1 is 0.960 bits per heavy atom. The molecule has 1 heterocycles. The molecule has 3 rings (SSSR count). The zero-order chi connectivity index (χ0) is 18.0. The van der Waals surface area contributed by atoms with Gasteiger partial charge in [0.05, 0.1) is 11.1 Å². The lowest BCUT2D eigenvalue weighted by Gasteiger charge is -2.28. The number of imide groups is 1. The van der Waals surface area contributed by atoms with Gasteiger partial charge < -0.3 is 4.90 Å². The minimum Gasteiger partial charge on any atom is -0.337 e. The van der Waals surface area contributed by atoms with Gasteiger partial charge in [-0.05, 0) is 31.5 Å². The van der Waals surface area contributed by atoms with Crippen LogP contribution in [0.1, 0.15) is 40.1 Å². The van der Waals surface area contributed by atoms with Crippen LogP contribution < -0.4 is 0 Å². The number of hydrogen-bond acceptors (Lipinski definition) is 3. The van der Waals surface area contributed by atoms with Gasteiger partial charge in [-0.1, -0.05) is 42.5 Å². The van der Waals surface area contributed by atoms with E-state index in [9.17, 15) is 14.4 Å². The standard InChI is InChI=1S/C20H20N2O3/c1-3-21(13-15-9-5-4-6-10-15)18(23)14(2)22-19(24)16-11-7-8-12-17(16)20(22)25/h4-12,14H,3,13H2,1-2H3. The Balaban J connectivity index is 1.80. The van der Waals surface area contributed by atoms with E-state index in [0.29, 0.717) is 24.2 Å². The second-order valence-electron chi connectivity index (χ2n) is 6.04. The van der Waals surface area contributed by atoms with Crippen molar-refractivity contribution in [2.75, 3.05) is 6.54 Å². The molecule has 0 bridgehead atoms. The molecule has 0 saturated heterocycles.